The summed E-state index contributed by atoms with van der Waals surface area (Å²) in [5, 5.41) is 31.0. The van der Waals surface area contributed by atoms with E-state index in [4.69, 9.17) is 18.9 Å². The highest BCUT2D eigenvalue weighted by atomic mass is 32.2. The number of allylic oxidation sites excluding steroid dienone is 14. The first kappa shape index (κ1) is 62.8. The molecule has 0 aliphatic carbocycles. The lowest BCUT2D eigenvalue weighted by Gasteiger charge is -2.40. The summed E-state index contributed by atoms with van der Waals surface area (Å²) in [6, 6.07) is 0. The van der Waals surface area contributed by atoms with Gasteiger partial charge in [-0.05, 0) is 89.9 Å². The van der Waals surface area contributed by atoms with Crippen LogP contribution in [0.2, 0.25) is 0 Å². The molecular formula is C55H92O12S. The van der Waals surface area contributed by atoms with Crippen LogP contribution in [0.5, 0.6) is 0 Å². The molecule has 0 amide bonds. The van der Waals surface area contributed by atoms with Gasteiger partial charge in [-0.2, -0.15) is 8.42 Å². The Labute approximate surface area is 411 Å². The minimum absolute atomic E-state index is 0.147. The van der Waals surface area contributed by atoms with Crippen LogP contribution in [0, 0.1) is 0 Å². The molecule has 68 heavy (non-hydrogen) atoms. The third-order valence-corrected chi connectivity index (χ3v) is 12.2. The highest BCUT2D eigenvalue weighted by Crippen LogP contribution is 2.24. The van der Waals surface area contributed by atoms with E-state index in [1.165, 1.54) is 44.9 Å². The van der Waals surface area contributed by atoms with Crippen molar-refractivity contribution in [3.8, 4) is 0 Å². The normalized spacial score (nSPS) is 19.9. The number of rotatable bonds is 43. The fraction of sp³-hybridized carbons (Fsp3) is 0.709. The fourth-order valence-electron chi connectivity index (χ4n) is 7.44. The minimum Gasteiger partial charge on any atom is -0.462 e. The summed E-state index contributed by atoms with van der Waals surface area (Å²) < 4.78 is 54.3. The molecule has 12 nitrogen and oxygen atoms in total. The van der Waals surface area contributed by atoms with Gasteiger partial charge in [-0.25, -0.2) is 0 Å². The second-order valence-corrected chi connectivity index (χ2v) is 19.3. The summed E-state index contributed by atoms with van der Waals surface area (Å²) in [5.41, 5.74) is 0. The maximum absolute atomic E-state index is 12.9. The number of unbranched alkanes of at least 4 members (excludes halogenated alkanes) is 17. The van der Waals surface area contributed by atoms with Gasteiger partial charge in [0.25, 0.3) is 10.1 Å². The summed E-state index contributed by atoms with van der Waals surface area (Å²) in [7, 11) is -4.61. The Kier molecular flexibility index (Phi) is 40.5. The van der Waals surface area contributed by atoms with E-state index < -0.39 is 71.2 Å². The van der Waals surface area contributed by atoms with Gasteiger partial charge >= 0.3 is 11.9 Å². The molecule has 13 heteroatoms. The lowest BCUT2D eigenvalue weighted by molar-refractivity contribution is -0.297. The molecule has 6 unspecified atom stereocenters. The molecule has 1 saturated heterocycles. The van der Waals surface area contributed by atoms with Crippen molar-refractivity contribution in [2.45, 2.75) is 230 Å². The summed E-state index contributed by atoms with van der Waals surface area (Å²) in [6.07, 6.45) is 48.9. The van der Waals surface area contributed by atoms with Crippen molar-refractivity contribution < 1.29 is 56.8 Å². The van der Waals surface area contributed by atoms with Crippen molar-refractivity contribution in [2.75, 3.05) is 19.0 Å². The van der Waals surface area contributed by atoms with E-state index in [2.05, 4.69) is 98.9 Å². The number of carbonyl (C=O) groups excluding carboxylic acids is 2. The molecule has 0 bridgehead atoms. The van der Waals surface area contributed by atoms with Crippen molar-refractivity contribution >= 4 is 22.1 Å². The number of hydrogen-bond donors (Lipinski definition) is 4. The Morgan fingerprint density at radius 3 is 1.38 bits per heavy atom. The zero-order chi connectivity index (χ0) is 49.8. The summed E-state index contributed by atoms with van der Waals surface area (Å²) >= 11 is 0. The number of ether oxygens (including phenoxy) is 4. The van der Waals surface area contributed by atoms with Crippen LogP contribution >= 0.6 is 0 Å². The Bertz CT molecular complexity index is 1570. The van der Waals surface area contributed by atoms with Crippen LogP contribution in [0.15, 0.2) is 85.1 Å². The molecule has 4 N–H and O–H groups in total. The van der Waals surface area contributed by atoms with E-state index in [1.807, 2.05) is 0 Å². The van der Waals surface area contributed by atoms with Gasteiger partial charge in [0, 0.05) is 12.8 Å². The van der Waals surface area contributed by atoms with E-state index in [9.17, 15) is 37.9 Å². The molecule has 0 radical (unpaired) electrons. The van der Waals surface area contributed by atoms with E-state index >= 15 is 0 Å². The highest BCUT2D eigenvalue weighted by molar-refractivity contribution is 7.85. The molecule has 1 aliphatic rings. The lowest BCUT2D eigenvalue weighted by atomic mass is 10.00. The first-order valence-electron chi connectivity index (χ1n) is 26.1. The van der Waals surface area contributed by atoms with Crippen molar-refractivity contribution in [1.82, 2.24) is 0 Å². The molecule has 1 fully saturated rings. The minimum atomic E-state index is -4.61. The van der Waals surface area contributed by atoms with Crippen LogP contribution in [-0.4, -0.2) is 96.0 Å². The molecule has 0 aromatic heterocycles. The van der Waals surface area contributed by atoms with Crippen molar-refractivity contribution in [3.63, 3.8) is 0 Å². The average molecular weight is 977 g/mol. The number of carbonyl (C=O) groups is 2. The van der Waals surface area contributed by atoms with E-state index in [0.717, 1.165) is 109 Å². The SMILES string of the molecule is CC/C=C\C/C=C\C/C=C\C/C=C\CCCCCCCCCCC(=O)OC(COC(=O)CCCCCCCC/C=C\C/C=C\C/C=C\CCCCC)COC1OC(CS(=O)(=O)O)C(O)C(O)C1O. The third kappa shape index (κ3) is 37.7. The third-order valence-electron chi connectivity index (χ3n) is 11.5. The van der Waals surface area contributed by atoms with Crippen LogP contribution in [0.3, 0.4) is 0 Å². The Hall–Kier alpha value is -3.17. The van der Waals surface area contributed by atoms with Gasteiger partial charge in [0.15, 0.2) is 12.4 Å². The van der Waals surface area contributed by atoms with E-state index in [-0.39, 0.29) is 19.4 Å². The van der Waals surface area contributed by atoms with E-state index in [1.54, 1.807) is 0 Å². The predicted molar refractivity (Wildman–Crippen MR) is 274 cm³/mol. The maximum atomic E-state index is 12.9. The molecule has 0 saturated carbocycles. The maximum Gasteiger partial charge on any atom is 0.306 e. The summed E-state index contributed by atoms with van der Waals surface area (Å²) in [5.74, 6) is -2.02. The molecule has 0 aromatic carbocycles. The lowest BCUT2D eigenvalue weighted by Crippen LogP contribution is -2.60. The zero-order valence-electron chi connectivity index (χ0n) is 41.9. The number of aliphatic hydroxyl groups is 3. The van der Waals surface area contributed by atoms with Crippen LogP contribution in [0.25, 0.3) is 0 Å². The second kappa shape index (κ2) is 43.8. The molecule has 1 rings (SSSR count). The Morgan fingerprint density at radius 2 is 0.926 bits per heavy atom. The van der Waals surface area contributed by atoms with Crippen molar-refractivity contribution in [3.05, 3.63) is 85.1 Å². The van der Waals surface area contributed by atoms with Gasteiger partial charge in [0.05, 0.1) is 6.61 Å². The van der Waals surface area contributed by atoms with Crippen LogP contribution < -0.4 is 0 Å². The molecule has 390 valence electrons. The average Bonchev–Trinajstić information content (AvgIpc) is 3.31. The fourth-order valence-corrected chi connectivity index (χ4v) is 8.13. The van der Waals surface area contributed by atoms with Crippen LogP contribution in [0.4, 0.5) is 0 Å². The standard InChI is InChI=1S/C55H92O12S/c1-3-5-7-9-11-13-15-17-19-21-23-24-26-28-30-32-34-36-38-40-42-44-51(57)66-48(46-65-55-54(60)53(59)52(58)49(67-55)47-68(61,62)63)45-64-50(56)43-41-39-37-35-33-31-29-27-25-22-20-18-16-14-12-10-8-6-4-2/h5,7,11-14,17-20,23-25,27,48-49,52-55,58-60H,3-4,6,8-10,15-16,21-22,26,28-47H2,1-2H3,(H,61,62,63)/b7-5-,13-11-,14-12-,19-17-,20-18-,24-23-,27-25-. The first-order valence-corrected chi connectivity index (χ1v) is 27.8. The van der Waals surface area contributed by atoms with Gasteiger partial charge in [-0.3, -0.25) is 14.1 Å². The summed E-state index contributed by atoms with van der Waals surface area (Å²) in [6.45, 7) is 3.62. The molecular weight excluding hydrogens is 885 g/mol. The smallest absolute Gasteiger partial charge is 0.306 e. The Morgan fingerprint density at radius 1 is 0.515 bits per heavy atom. The summed E-state index contributed by atoms with van der Waals surface area (Å²) in [4.78, 5) is 25.6. The second-order valence-electron chi connectivity index (χ2n) is 17.8. The first-order chi connectivity index (χ1) is 33.0. The van der Waals surface area contributed by atoms with Crippen molar-refractivity contribution in [2.24, 2.45) is 0 Å². The Balaban J connectivity index is 2.39. The molecule has 0 aromatic rings. The number of esters is 2. The zero-order valence-corrected chi connectivity index (χ0v) is 42.7. The van der Waals surface area contributed by atoms with Crippen LogP contribution in [-0.2, 0) is 38.7 Å². The van der Waals surface area contributed by atoms with E-state index in [0.29, 0.717) is 12.8 Å². The number of aliphatic hydroxyl groups excluding tert-OH is 3. The van der Waals surface area contributed by atoms with Gasteiger partial charge in [-0.15, -0.1) is 0 Å². The van der Waals surface area contributed by atoms with Gasteiger partial charge in [0.2, 0.25) is 0 Å². The quantitative estimate of drug-likeness (QED) is 0.0196. The molecule has 1 aliphatic heterocycles. The van der Waals surface area contributed by atoms with Crippen molar-refractivity contribution in [1.29, 1.82) is 0 Å². The molecule has 1 heterocycles. The van der Waals surface area contributed by atoms with Gasteiger partial charge in [0.1, 0.15) is 36.8 Å². The largest absolute Gasteiger partial charge is 0.462 e. The van der Waals surface area contributed by atoms with Gasteiger partial charge < -0.3 is 34.3 Å². The van der Waals surface area contributed by atoms with Crippen LogP contribution in [0.1, 0.15) is 194 Å². The molecule has 6 atom stereocenters. The molecule has 0 spiro atoms. The number of hydrogen-bond acceptors (Lipinski definition) is 11. The highest BCUT2D eigenvalue weighted by Gasteiger charge is 2.46. The predicted octanol–water partition coefficient (Wildman–Crippen LogP) is 12.0. The van der Waals surface area contributed by atoms with Gasteiger partial charge in [-0.1, -0.05) is 176 Å². The monoisotopic (exact) mass is 977 g/mol. The topological polar surface area (TPSA) is 186 Å².